The van der Waals surface area contributed by atoms with E-state index in [1.165, 1.54) is 0 Å². The lowest BCUT2D eigenvalue weighted by Gasteiger charge is -2.16. The smallest absolute Gasteiger partial charge is 0.251 e. The summed E-state index contributed by atoms with van der Waals surface area (Å²) in [6, 6.07) is 5.58. The predicted octanol–water partition coefficient (Wildman–Crippen LogP) is 1.75. The van der Waals surface area contributed by atoms with Crippen molar-refractivity contribution in [1.82, 2.24) is 5.32 Å². The van der Waals surface area contributed by atoms with Crippen LogP contribution in [0.2, 0.25) is 0 Å². The van der Waals surface area contributed by atoms with E-state index in [2.05, 4.69) is 5.32 Å². The summed E-state index contributed by atoms with van der Waals surface area (Å²) >= 11 is 0. The number of ether oxygens (including phenoxy) is 1. The van der Waals surface area contributed by atoms with Crippen molar-refractivity contribution in [2.45, 2.75) is 26.2 Å². The molecule has 1 aromatic rings. The number of rotatable bonds is 6. The Hall–Kier alpha value is -1.88. The van der Waals surface area contributed by atoms with Gasteiger partial charge in [0.15, 0.2) is 0 Å². The van der Waals surface area contributed by atoms with Gasteiger partial charge >= 0.3 is 0 Å². The van der Waals surface area contributed by atoms with Crippen LogP contribution in [0.1, 0.15) is 35.7 Å². The number of benzene rings is 1. The van der Waals surface area contributed by atoms with E-state index in [0.717, 1.165) is 24.1 Å². The first-order valence-electron chi connectivity index (χ1n) is 7.38. The minimum absolute atomic E-state index is 0.0752. The van der Waals surface area contributed by atoms with Gasteiger partial charge < -0.3 is 15.0 Å². The topological polar surface area (TPSA) is 58.6 Å². The lowest BCUT2D eigenvalue weighted by molar-refractivity contribution is -0.118. The molecule has 0 atom stereocenters. The van der Waals surface area contributed by atoms with Crippen LogP contribution in [-0.4, -0.2) is 38.6 Å². The summed E-state index contributed by atoms with van der Waals surface area (Å²) in [7, 11) is 1.64. The molecule has 0 unspecified atom stereocenters. The second-order valence-corrected chi connectivity index (χ2v) is 5.05. The molecule has 0 aliphatic carbocycles. The number of fused-ring (bicyclic) bond motifs is 1. The summed E-state index contributed by atoms with van der Waals surface area (Å²) < 4.78 is 4.96. The van der Waals surface area contributed by atoms with E-state index in [1.54, 1.807) is 12.0 Å². The van der Waals surface area contributed by atoms with Crippen molar-refractivity contribution in [2.24, 2.45) is 0 Å². The molecule has 21 heavy (non-hydrogen) atoms. The summed E-state index contributed by atoms with van der Waals surface area (Å²) in [6.45, 7) is 3.74. The second-order valence-electron chi connectivity index (χ2n) is 5.05. The SMILES string of the molecule is CCC(=O)N1CCc2c(C(=O)NCCCOC)cccc21. The number of nitrogens with one attached hydrogen (secondary N) is 1. The Balaban J connectivity index is 2.11. The third-order valence-electron chi connectivity index (χ3n) is 3.69. The first-order chi connectivity index (χ1) is 10.2. The molecule has 1 aliphatic heterocycles. The fraction of sp³-hybridized carbons (Fsp3) is 0.500. The van der Waals surface area contributed by atoms with Gasteiger partial charge in [-0.25, -0.2) is 0 Å². The van der Waals surface area contributed by atoms with Gasteiger partial charge in [0.1, 0.15) is 0 Å². The molecule has 1 aliphatic rings. The zero-order chi connectivity index (χ0) is 15.2. The lowest BCUT2D eigenvalue weighted by atomic mass is 10.0. The molecule has 1 N–H and O–H groups in total. The number of anilines is 1. The normalized spacial score (nSPS) is 13.1. The van der Waals surface area contributed by atoms with Gasteiger partial charge in [-0.15, -0.1) is 0 Å². The van der Waals surface area contributed by atoms with Gasteiger partial charge in [0, 0.05) is 44.5 Å². The minimum Gasteiger partial charge on any atom is -0.385 e. The molecule has 2 amide bonds. The number of carbonyl (C=O) groups is 2. The monoisotopic (exact) mass is 290 g/mol. The van der Waals surface area contributed by atoms with E-state index in [9.17, 15) is 9.59 Å². The van der Waals surface area contributed by atoms with Gasteiger partial charge in [-0.1, -0.05) is 13.0 Å². The second kappa shape index (κ2) is 7.22. The van der Waals surface area contributed by atoms with Gasteiger partial charge in [-0.3, -0.25) is 9.59 Å². The van der Waals surface area contributed by atoms with Gasteiger partial charge in [0.2, 0.25) is 5.91 Å². The molecule has 5 heteroatoms. The molecule has 0 spiro atoms. The number of methoxy groups -OCH3 is 1. The zero-order valence-corrected chi connectivity index (χ0v) is 12.6. The molecular weight excluding hydrogens is 268 g/mol. The summed E-state index contributed by atoms with van der Waals surface area (Å²) in [5.41, 5.74) is 2.53. The quantitative estimate of drug-likeness (QED) is 0.812. The molecule has 2 rings (SSSR count). The average molecular weight is 290 g/mol. The van der Waals surface area contributed by atoms with Crippen LogP contribution in [-0.2, 0) is 16.0 Å². The average Bonchev–Trinajstić information content (AvgIpc) is 2.94. The standard InChI is InChI=1S/C16H22N2O3/c1-3-15(19)18-10-8-12-13(6-4-7-14(12)18)16(20)17-9-5-11-21-2/h4,6-7H,3,5,8-11H2,1-2H3,(H,17,20). The minimum atomic E-state index is -0.0752. The van der Waals surface area contributed by atoms with Crippen molar-refractivity contribution in [3.63, 3.8) is 0 Å². The van der Waals surface area contributed by atoms with Crippen LogP contribution in [0.5, 0.6) is 0 Å². The van der Waals surface area contributed by atoms with E-state index >= 15 is 0 Å². The molecule has 0 fully saturated rings. The van der Waals surface area contributed by atoms with Gasteiger partial charge in [-0.2, -0.15) is 0 Å². The highest BCUT2D eigenvalue weighted by Gasteiger charge is 2.27. The number of nitrogens with zero attached hydrogens (tertiary/aromatic N) is 1. The maximum Gasteiger partial charge on any atom is 0.251 e. The van der Waals surface area contributed by atoms with Crippen LogP contribution in [0.25, 0.3) is 0 Å². The Bertz CT molecular complexity index is 528. The molecule has 1 aromatic carbocycles. The van der Waals surface area contributed by atoms with Crippen LogP contribution in [0.4, 0.5) is 5.69 Å². The highest BCUT2D eigenvalue weighted by atomic mass is 16.5. The van der Waals surface area contributed by atoms with E-state index in [1.807, 2.05) is 25.1 Å². The molecule has 0 bridgehead atoms. The van der Waals surface area contributed by atoms with Crippen LogP contribution >= 0.6 is 0 Å². The Morgan fingerprint density at radius 3 is 2.90 bits per heavy atom. The first kappa shape index (κ1) is 15.5. The largest absolute Gasteiger partial charge is 0.385 e. The molecule has 0 saturated heterocycles. The molecule has 0 saturated carbocycles. The number of hydrogen-bond acceptors (Lipinski definition) is 3. The highest BCUT2D eigenvalue weighted by molar-refractivity contribution is 6.01. The first-order valence-corrected chi connectivity index (χ1v) is 7.38. The summed E-state index contributed by atoms with van der Waals surface area (Å²) in [4.78, 5) is 25.9. The summed E-state index contributed by atoms with van der Waals surface area (Å²) in [6.07, 6.45) is 2.01. The maximum atomic E-state index is 12.3. The lowest BCUT2D eigenvalue weighted by Crippen LogP contribution is -2.28. The molecule has 0 aromatic heterocycles. The van der Waals surface area contributed by atoms with Crippen LogP contribution in [0, 0.1) is 0 Å². The van der Waals surface area contributed by atoms with Crippen molar-refractivity contribution >= 4 is 17.5 Å². The molecule has 114 valence electrons. The number of hydrogen-bond donors (Lipinski definition) is 1. The molecule has 5 nitrogen and oxygen atoms in total. The van der Waals surface area contributed by atoms with Gasteiger partial charge in [0.25, 0.3) is 5.91 Å². The van der Waals surface area contributed by atoms with Crippen molar-refractivity contribution < 1.29 is 14.3 Å². The fourth-order valence-electron chi connectivity index (χ4n) is 2.61. The van der Waals surface area contributed by atoms with Crippen LogP contribution in [0.3, 0.4) is 0 Å². The summed E-state index contributed by atoms with van der Waals surface area (Å²) in [5, 5.41) is 2.90. The summed E-state index contributed by atoms with van der Waals surface area (Å²) in [5.74, 6) is 0.0279. The van der Waals surface area contributed by atoms with Crippen molar-refractivity contribution in [1.29, 1.82) is 0 Å². The molecule has 0 radical (unpaired) electrons. The Morgan fingerprint density at radius 1 is 1.38 bits per heavy atom. The van der Waals surface area contributed by atoms with Gasteiger partial charge in [0.05, 0.1) is 0 Å². The third-order valence-corrected chi connectivity index (χ3v) is 3.69. The Labute approximate surface area is 125 Å². The predicted molar refractivity (Wildman–Crippen MR) is 81.6 cm³/mol. The fourth-order valence-corrected chi connectivity index (χ4v) is 2.61. The highest BCUT2D eigenvalue weighted by Crippen LogP contribution is 2.31. The van der Waals surface area contributed by atoms with E-state index in [4.69, 9.17) is 4.74 Å². The van der Waals surface area contributed by atoms with Crippen molar-refractivity contribution in [3.8, 4) is 0 Å². The number of amides is 2. The molecular formula is C16H22N2O3. The van der Waals surface area contributed by atoms with Crippen molar-refractivity contribution in [3.05, 3.63) is 29.3 Å². The van der Waals surface area contributed by atoms with Crippen LogP contribution < -0.4 is 10.2 Å². The maximum absolute atomic E-state index is 12.3. The van der Waals surface area contributed by atoms with E-state index in [0.29, 0.717) is 31.7 Å². The molecule has 1 heterocycles. The van der Waals surface area contributed by atoms with Crippen molar-refractivity contribution in [2.75, 3.05) is 31.7 Å². The van der Waals surface area contributed by atoms with E-state index in [-0.39, 0.29) is 11.8 Å². The van der Waals surface area contributed by atoms with E-state index < -0.39 is 0 Å². The number of carbonyl (C=O) groups excluding carboxylic acids is 2. The van der Waals surface area contributed by atoms with Gasteiger partial charge in [-0.05, 0) is 30.5 Å². The van der Waals surface area contributed by atoms with Crippen LogP contribution in [0.15, 0.2) is 18.2 Å². The Morgan fingerprint density at radius 2 is 2.19 bits per heavy atom. The Kier molecular flexibility index (Phi) is 5.33. The zero-order valence-electron chi connectivity index (χ0n) is 12.6. The third kappa shape index (κ3) is 3.42.